The van der Waals surface area contributed by atoms with E-state index in [4.69, 9.17) is 0 Å². The first-order chi connectivity index (χ1) is 11.6. The minimum atomic E-state index is -3.82. The molecule has 0 bridgehead atoms. The van der Waals surface area contributed by atoms with E-state index in [0.29, 0.717) is 5.69 Å². The molecule has 0 aliphatic carbocycles. The highest BCUT2D eigenvalue weighted by atomic mass is 32.2. The normalized spacial score (nSPS) is 12.0. The zero-order valence-corrected chi connectivity index (χ0v) is 15.2. The number of nitrogens with one attached hydrogen (secondary N) is 2. The molecule has 0 aromatic heterocycles. The quantitative estimate of drug-likeness (QED) is 0.734. The molecule has 6 nitrogen and oxygen atoms in total. The number of carboxylic acid groups (broad SMARTS) is 1. The largest absolute Gasteiger partial charge is 0.478 e. The average molecular weight is 362 g/mol. The molecule has 0 heterocycles. The fraction of sp³-hybridized carbons (Fsp3) is 0.278. The van der Waals surface area contributed by atoms with Crippen LogP contribution in [0, 0.1) is 0 Å². The number of aromatic carboxylic acids is 1. The van der Waals surface area contributed by atoms with Crippen LogP contribution in [0.3, 0.4) is 0 Å². The number of benzene rings is 2. The van der Waals surface area contributed by atoms with Crippen molar-refractivity contribution in [3.05, 3.63) is 59.7 Å². The van der Waals surface area contributed by atoms with E-state index in [1.165, 1.54) is 18.2 Å². The molecule has 0 aliphatic heterocycles. The van der Waals surface area contributed by atoms with Crippen LogP contribution in [0.2, 0.25) is 0 Å². The van der Waals surface area contributed by atoms with Crippen LogP contribution < -0.4 is 10.0 Å². The van der Waals surface area contributed by atoms with E-state index in [1.54, 1.807) is 0 Å². The summed E-state index contributed by atoms with van der Waals surface area (Å²) in [6, 6.07) is 13.1. The summed E-state index contributed by atoms with van der Waals surface area (Å²) in [5.74, 6) is -1.19. The topological polar surface area (TPSA) is 95.5 Å². The first-order valence-electron chi connectivity index (χ1n) is 7.78. The summed E-state index contributed by atoms with van der Waals surface area (Å²) in [4.78, 5) is 11.4. The second-order valence-corrected chi connectivity index (χ2v) is 8.46. The van der Waals surface area contributed by atoms with Crippen LogP contribution >= 0.6 is 0 Å². The van der Waals surface area contributed by atoms with Gasteiger partial charge in [-0.05, 0) is 44.5 Å². The third-order valence-corrected chi connectivity index (χ3v) is 4.75. The van der Waals surface area contributed by atoms with Gasteiger partial charge in [0.1, 0.15) is 0 Å². The number of carboxylic acids is 1. The van der Waals surface area contributed by atoms with Crippen LogP contribution in [0.1, 0.15) is 36.7 Å². The molecule has 0 saturated heterocycles. The second kappa shape index (κ2) is 7.25. The molecule has 0 radical (unpaired) electrons. The SMILES string of the molecule is CC(C)(C)Nc1ccc(S(=O)(=O)NCc2ccccc2)cc1C(=O)O. The summed E-state index contributed by atoms with van der Waals surface area (Å²) in [6.45, 7) is 5.81. The Hall–Kier alpha value is -2.38. The van der Waals surface area contributed by atoms with Gasteiger partial charge in [0.15, 0.2) is 0 Å². The van der Waals surface area contributed by atoms with E-state index in [2.05, 4.69) is 10.0 Å². The van der Waals surface area contributed by atoms with Gasteiger partial charge in [0, 0.05) is 17.8 Å². The Morgan fingerprint density at radius 1 is 1.08 bits per heavy atom. The Morgan fingerprint density at radius 3 is 2.28 bits per heavy atom. The van der Waals surface area contributed by atoms with Crippen molar-refractivity contribution in [3.8, 4) is 0 Å². The fourth-order valence-corrected chi connectivity index (χ4v) is 3.28. The molecule has 2 aromatic carbocycles. The smallest absolute Gasteiger partial charge is 0.337 e. The summed E-state index contributed by atoms with van der Waals surface area (Å²) in [5, 5.41) is 12.5. The Balaban J connectivity index is 2.28. The predicted octanol–water partition coefficient (Wildman–Crippen LogP) is 3.07. The summed E-state index contributed by atoms with van der Waals surface area (Å²) >= 11 is 0. The molecule has 2 aromatic rings. The van der Waals surface area contributed by atoms with Crippen LogP contribution in [0.4, 0.5) is 5.69 Å². The first kappa shape index (κ1) is 19.0. The highest BCUT2D eigenvalue weighted by Gasteiger charge is 2.21. The van der Waals surface area contributed by atoms with E-state index in [9.17, 15) is 18.3 Å². The maximum Gasteiger partial charge on any atom is 0.337 e. The maximum atomic E-state index is 12.5. The van der Waals surface area contributed by atoms with Crippen LogP contribution in [0.5, 0.6) is 0 Å². The van der Waals surface area contributed by atoms with E-state index >= 15 is 0 Å². The number of anilines is 1. The average Bonchev–Trinajstić information content (AvgIpc) is 2.52. The minimum Gasteiger partial charge on any atom is -0.478 e. The van der Waals surface area contributed by atoms with Crippen molar-refractivity contribution in [2.24, 2.45) is 0 Å². The van der Waals surface area contributed by atoms with Gasteiger partial charge in [0.25, 0.3) is 0 Å². The maximum absolute atomic E-state index is 12.5. The van der Waals surface area contributed by atoms with E-state index < -0.39 is 16.0 Å². The third-order valence-electron chi connectivity index (χ3n) is 3.35. The molecule has 0 amide bonds. The van der Waals surface area contributed by atoms with Crippen LogP contribution in [-0.4, -0.2) is 25.0 Å². The minimum absolute atomic E-state index is 0.0831. The molecule has 3 N–H and O–H groups in total. The molecule has 0 unspecified atom stereocenters. The molecule has 0 fully saturated rings. The van der Waals surface area contributed by atoms with Crippen LogP contribution in [-0.2, 0) is 16.6 Å². The monoisotopic (exact) mass is 362 g/mol. The van der Waals surface area contributed by atoms with Gasteiger partial charge in [0.05, 0.1) is 10.5 Å². The lowest BCUT2D eigenvalue weighted by Gasteiger charge is -2.23. The predicted molar refractivity (Wildman–Crippen MR) is 97.2 cm³/mol. The molecule has 7 heteroatoms. The highest BCUT2D eigenvalue weighted by molar-refractivity contribution is 7.89. The van der Waals surface area contributed by atoms with Crippen LogP contribution in [0.25, 0.3) is 0 Å². The van der Waals surface area contributed by atoms with Crippen molar-refractivity contribution in [3.63, 3.8) is 0 Å². The van der Waals surface area contributed by atoms with Gasteiger partial charge in [-0.1, -0.05) is 30.3 Å². The van der Waals surface area contributed by atoms with Gasteiger partial charge in [-0.15, -0.1) is 0 Å². The van der Waals surface area contributed by atoms with Gasteiger partial charge in [0.2, 0.25) is 10.0 Å². The fourth-order valence-electron chi connectivity index (χ4n) is 2.24. The number of rotatable bonds is 6. The van der Waals surface area contributed by atoms with Crippen molar-refractivity contribution < 1.29 is 18.3 Å². The molecule has 0 saturated carbocycles. The Morgan fingerprint density at radius 2 is 1.72 bits per heavy atom. The van der Waals surface area contributed by atoms with Gasteiger partial charge in [-0.25, -0.2) is 17.9 Å². The van der Waals surface area contributed by atoms with Gasteiger partial charge >= 0.3 is 5.97 Å². The molecule has 0 aliphatic rings. The second-order valence-electron chi connectivity index (χ2n) is 6.70. The van der Waals surface area contributed by atoms with E-state index in [-0.39, 0.29) is 22.5 Å². The van der Waals surface area contributed by atoms with Crippen molar-refractivity contribution in [1.82, 2.24) is 4.72 Å². The zero-order valence-electron chi connectivity index (χ0n) is 14.4. The summed E-state index contributed by atoms with van der Waals surface area (Å²) in [6.07, 6.45) is 0. The third kappa shape index (κ3) is 5.30. The number of hydrogen-bond acceptors (Lipinski definition) is 4. The zero-order chi connectivity index (χ0) is 18.7. The van der Waals surface area contributed by atoms with E-state index in [0.717, 1.165) is 5.56 Å². The summed E-state index contributed by atoms with van der Waals surface area (Å²) < 4.78 is 27.4. The molecule has 0 atom stereocenters. The van der Waals surface area contributed by atoms with Crippen LogP contribution in [0.15, 0.2) is 53.4 Å². The van der Waals surface area contributed by atoms with Crippen molar-refractivity contribution in [2.45, 2.75) is 37.8 Å². The van der Waals surface area contributed by atoms with Crippen molar-refractivity contribution in [1.29, 1.82) is 0 Å². The van der Waals surface area contributed by atoms with E-state index in [1.807, 2.05) is 51.1 Å². The number of sulfonamides is 1. The van der Waals surface area contributed by atoms with Crippen molar-refractivity contribution in [2.75, 3.05) is 5.32 Å². The van der Waals surface area contributed by atoms with Gasteiger partial charge in [-0.3, -0.25) is 0 Å². The summed E-state index contributed by atoms with van der Waals surface area (Å²) in [7, 11) is -3.82. The lowest BCUT2D eigenvalue weighted by molar-refractivity contribution is 0.0697. The highest BCUT2D eigenvalue weighted by Crippen LogP contribution is 2.24. The lowest BCUT2D eigenvalue weighted by atomic mass is 10.1. The van der Waals surface area contributed by atoms with Gasteiger partial charge < -0.3 is 10.4 Å². The molecular weight excluding hydrogens is 340 g/mol. The number of hydrogen-bond donors (Lipinski definition) is 3. The number of carbonyl (C=O) groups is 1. The van der Waals surface area contributed by atoms with Gasteiger partial charge in [-0.2, -0.15) is 0 Å². The molecule has 25 heavy (non-hydrogen) atoms. The molecule has 0 spiro atoms. The Bertz CT molecular complexity index is 856. The molecule has 2 rings (SSSR count). The van der Waals surface area contributed by atoms with Crippen molar-refractivity contribution >= 4 is 21.7 Å². The summed E-state index contributed by atoms with van der Waals surface area (Å²) in [5.41, 5.74) is 0.756. The standard InChI is InChI=1S/C18H22N2O4S/c1-18(2,3)20-16-10-9-14(11-15(16)17(21)22)25(23,24)19-12-13-7-5-4-6-8-13/h4-11,19-20H,12H2,1-3H3,(H,21,22). The Labute approximate surface area is 147 Å². The first-order valence-corrected chi connectivity index (χ1v) is 9.26. The molecule has 134 valence electrons. The lowest BCUT2D eigenvalue weighted by Crippen LogP contribution is -2.28. The molecular formula is C18H22N2O4S. The Kier molecular flexibility index (Phi) is 5.49.